The number of nitrogens with zero attached hydrogens (tertiary/aromatic N) is 4. The van der Waals surface area contributed by atoms with Gasteiger partial charge < -0.3 is 14.2 Å². The molecule has 0 radical (unpaired) electrons. The van der Waals surface area contributed by atoms with Crippen LogP contribution in [0.5, 0.6) is 17.2 Å². The highest BCUT2D eigenvalue weighted by atomic mass is 32.2. The summed E-state index contributed by atoms with van der Waals surface area (Å²) in [5.74, 6) is 1.92. The number of hydrogen-bond donors (Lipinski definition) is 1. The fourth-order valence-corrected chi connectivity index (χ4v) is 4.92. The number of amides is 1. The molecule has 0 unspecified atom stereocenters. The van der Waals surface area contributed by atoms with Gasteiger partial charge in [-0.15, -0.1) is 21.5 Å². The Morgan fingerprint density at radius 1 is 1.06 bits per heavy atom. The van der Waals surface area contributed by atoms with Crippen molar-refractivity contribution in [3.63, 3.8) is 0 Å². The number of nitrogens with one attached hydrogen (secondary N) is 1. The third-order valence-corrected chi connectivity index (χ3v) is 6.91. The molecule has 0 fully saturated rings. The first-order valence-electron chi connectivity index (χ1n) is 10.9. The molecule has 1 amide bonds. The summed E-state index contributed by atoms with van der Waals surface area (Å²) in [7, 11) is 4.67. The summed E-state index contributed by atoms with van der Waals surface area (Å²) in [5.41, 5.74) is 4.13. The van der Waals surface area contributed by atoms with Crippen LogP contribution in [0.15, 0.2) is 64.9 Å². The van der Waals surface area contributed by atoms with Gasteiger partial charge in [-0.2, -0.15) is 5.10 Å². The Labute approximate surface area is 217 Å². The minimum atomic E-state index is -0.249. The van der Waals surface area contributed by atoms with Gasteiger partial charge >= 0.3 is 0 Å². The van der Waals surface area contributed by atoms with E-state index in [4.69, 9.17) is 14.2 Å². The predicted molar refractivity (Wildman–Crippen MR) is 142 cm³/mol. The van der Waals surface area contributed by atoms with Gasteiger partial charge in [-0.25, -0.2) is 5.43 Å². The lowest BCUT2D eigenvalue weighted by Gasteiger charge is -2.15. The fraction of sp³-hybridized carbons (Fsp3) is 0.200. The third kappa shape index (κ3) is 5.69. The molecule has 36 heavy (non-hydrogen) atoms. The number of rotatable bonds is 10. The number of carbonyl (C=O) groups is 1. The van der Waals surface area contributed by atoms with Gasteiger partial charge in [0.05, 0.1) is 33.3 Å². The highest BCUT2D eigenvalue weighted by Gasteiger charge is 2.21. The minimum absolute atomic E-state index is 0.112. The number of aromatic nitrogens is 3. The second-order valence-corrected chi connectivity index (χ2v) is 9.68. The van der Waals surface area contributed by atoms with E-state index in [9.17, 15) is 4.79 Å². The second-order valence-electron chi connectivity index (χ2n) is 7.42. The van der Waals surface area contributed by atoms with Crippen LogP contribution >= 0.6 is 23.1 Å². The van der Waals surface area contributed by atoms with Crippen LogP contribution in [0.2, 0.25) is 0 Å². The average Bonchev–Trinajstić information content (AvgIpc) is 3.52. The van der Waals surface area contributed by atoms with E-state index in [0.29, 0.717) is 33.8 Å². The highest BCUT2D eigenvalue weighted by Crippen LogP contribution is 2.41. The first-order valence-corrected chi connectivity index (χ1v) is 12.7. The Balaban J connectivity index is 1.61. The molecule has 0 aliphatic carbocycles. The molecule has 0 atom stereocenters. The number of hydrazone groups is 1. The maximum atomic E-state index is 12.4. The third-order valence-electron chi connectivity index (χ3n) is 5.05. The highest BCUT2D eigenvalue weighted by molar-refractivity contribution is 7.99. The van der Waals surface area contributed by atoms with Crippen LogP contribution in [-0.2, 0) is 4.79 Å². The number of methoxy groups -OCH3 is 3. The SMILES string of the molecule is COc1cc(-c2nnc(SCC(=O)N/N=C\c3ccc(C)s3)n2-c2ccccc2)cc(OC)c1OC. The molecule has 1 N–H and O–H groups in total. The van der Waals surface area contributed by atoms with Gasteiger partial charge in [0.15, 0.2) is 22.5 Å². The van der Waals surface area contributed by atoms with Crippen LogP contribution in [0.1, 0.15) is 9.75 Å². The molecule has 0 saturated carbocycles. The van der Waals surface area contributed by atoms with Crippen molar-refractivity contribution < 1.29 is 19.0 Å². The number of thiophene rings is 1. The molecule has 0 saturated heterocycles. The van der Waals surface area contributed by atoms with Crippen molar-refractivity contribution in [3.05, 3.63) is 64.4 Å². The van der Waals surface area contributed by atoms with E-state index in [0.717, 1.165) is 10.6 Å². The van der Waals surface area contributed by atoms with Crippen molar-refractivity contribution in [1.29, 1.82) is 0 Å². The van der Waals surface area contributed by atoms with Crippen molar-refractivity contribution in [2.75, 3.05) is 27.1 Å². The molecule has 186 valence electrons. The molecule has 2 aromatic heterocycles. The van der Waals surface area contributed by atoms with E-state index in [1.54, 1.807) is 38.9 Å². The number of ether oxygens (including phenoxy) is 3. The van der Waals surface area contributed by atoms with E-state index < -0.39 is 0 Å². The Bertz CT molecular complexity index is 1340. The van der Waals surface area contributed by atoms with E-state index >= 15 is 0 Å². The topological polar surface area (TPSA) is 99.9 Å². The normalized spacial score (nSPS) is 11.0. The van der Waals surface area contributed by atoms with Crippen LogP contribution < -0.4 is 19.6 Å². The molecule has 0 bridgehead atoms. The molecule has 0 spiro atoms. The molecule has 0 aliphatic rings. The maximum Gasteiger partial charge on any atom is 0.250 e. The molecule has 4 aromatic rings. The van der Waals surface area contributed by atoms with E-state index in [2.05, 4.69) is 20.7 Å². The Morgan fingerprint density at radius 3 is 2.39 bits per heavy atom. The Hall–Kier alpha value is -3.83. The van der Waals surface area contributed by atoms with Crippen LogP contribution in [0.4, 0.5) is 0 Å². The lowest BCUT2D eigenvalue weighted by atomic mass is 10.1. The summed E-state index contributed by atoms with van der Waals surface area (Å²) in [4.78, 5) is 14.6. The van der Waals surface area contributed by atoms with Crippen molar-refractivity contribution in [2.24, 2.45) is 5.10 Å². The van der Waals surface area contributed by atoms with Crippen molar-refractivity contribution in [3.8, 4) is 34.3 Å². The van der Waals surface area contributed by atoms with Crippen LogP contribution in [0, 0.1) is 6.92 Å². The molecule has 2 heterocycles. The van der Waals surface area contributed by atoms with Crippen molar-refractivity contribution in [1.82, 2.24) is 20.2 Å². The number of benzene rings is 2. The number of aryl methyl sites for hydroxylation is 1. The lowest BCUT2D eigenvalue weighted by molar-refractivity contribution is -0.118. The molecule has 4 rings (SSSR count). The molecule has 2 aromatic carbocycles. The molecular weight excluding hydrogens is 498 g/mol. The van der Waals surface area contributed by atoms with Crippen LogP contribution in [0.3, 0.4) is 0 Å². The van der Waals surface area contributed by atoms with Gasteiger partial charge in [-0.05, 0) is 43.3 Å². The summed E-state index contributed by atoms with van der Waals surface area (Å²) < 4.78 is 18.3. The molecule has 9 nitrogen and oxygen atoms in total. The number of carbonyl (C=O) groups excluding carboxylic acids is 1. The number of thioether (sulfide) groups is 1. The lowest BCUT2D eigenvalue weighted by Crippen LogP contribution is -2.19. The Kier molecular flexibility index (Phi) is 8.24. The van der Waals surface area contributed by atoms with Gasteiger partial charge in [0.1, 0.15) is 0 Å². The first kappa shape index (κ1) is 25.3. The van der Waals surface area contributed by atoms with Crippen LogP contribution in [-0.4, -0.2) is 54.0 Å². The average molecular weight is 524 g/mol. The Morgan fingerprint density at radius 2 is 1.78 bits per heavy atom. The number of para-hydroxylation sites is 1. The van der Waals surface area contributed by atoms with Crippen molar-refractivity contribution in [2.45, 2.75) is 12.1 Å². The smallest absolute Gasteiger partial charge is 0.250 e. The first-order chi connectivity index (χ1) is 17.5. The molecular formula is C25H25N5O4S2. The summed E-state index contributed by atoms with van der Waals surface area (Å²) >= 11 is 2.87. The maximum absolute atomic E-state index is 12.4. The predicted octanol–water partition coefficient (Wildman–Crippen LogP) is 4.57. The van der Waals surface area contributed by atoms with Crippen molar-refractivity contribution >= 4 is 35.2 Å². The quantitative estimate of drug-likeness (QED) is 0.185. The van der Waals surface area contributed by atoms with Crippen LogP contribution in [0.25, 0.3) is 17.1 Å². The molecule has 11 heteroatoms. The zero-order valence-electron chi connectivity index (χ0n) is 20.2. The number of hydrogen-bond acceptors (Lipinski definition) is 9. The fourth-order valence-electron chi connectivity index (χ4n) is 3.42. The minimum Gasteiger partial charge on any atom is -0.493 e. The van der Waals surface area contributed by atoms with E-state index in [1.165, 1.54) is 16.6 Å². The summed E-state index contributed by atoms with van der Waals surface area (Å²) in [6.07, 6.45) is 1.63. The summed E-state index contributed by atoms with van der Waals surface area (Å²) in [6.45, 7) is 2.02. The second kappa shape index (κ2) is 11.7. The van der Waals surface area contributed by atoms with E-state index in [-0.39, 0.29) is 11.7 Å². The largest absolute Gasteiger partial charge is 0.493 e. The van der Waals surface area contributed by atoms with Gasteiger partial charge in [-0.3, -0.25) is 9.36 Å². The summed E-state index contributed by atoms with van der Waals surface area (Å²) in [6, 6.07) is 17.3. The standard InChI is InChI=1S/C25H25N5O4S2/c1-16-10-11-19(36-16)14-26-27-22(31)15-35-25-29-28-24(30(25)18-8-6-5-7-9-18)17-12-20(32-2)23(34-4)21(13-17)33-3/h5-14H,15H2,1-4H3,(H,27,31)/b26-14-. The molecule has 0 aliphatic heterocycles. The van der Waals surface area contributed by atoms with Gasteiger partial charge in [-0.1, -0.05) is 30.0 Å². The van der Waals surface area contributed by atoms with Gasteiger partial charge in [0.25, 0.3) is 5.91 Å². The van der Waals surface area contributed by atoms with Gasteiger partial charge in [0, 0.05) is 21.0 Å². The summed E-state index contributed by atoms with van der Waals surface area (Å²) in [5, 5.41) is 13.4. The monoisotopic (exact) mass is 523 g/mol. The zero-order valence-corrected chi connectivity index (χ0v) is 21.9. The zero-order chi connectivity index (χ0) is 25.5. The van der Waals surface area contributed by atoms with Gasteiger partial charge in [0.2, 0.25) is 5.75 Å². The van der Waals surface area contributed by atoms with E-state index in [1.807, 2.05) is 66.1 Å².